The van der Waals surface area contributed by atoms with Gasteiger partial charge in [0, 0.05) is 9.65 Å². The lowest BCUT2D eigenvalue weighted by Crippen LogP contribution is -2.09. The van der Waals surface area contributed by atoms with Crippen molar-refractivity contribution in [2.24, 2.45) is 0 Å². The second kappa shape index (κ2) is 7.16. The minimum atomic E-state index is -4.40. The number of carbonyl (C=O) groups excluding carboxylic acids is 1. The second-order valence-corrected chi connectivity index (χ2v) is 6.09. The van der Waals surface area contributed by atoms with Gasteiger partial charge >= 0.3 is 6.18 Å². The number of amides is 1. The highest BCUT2D eigenvalue weighted by Crippen LogP contribution is 2.29. The highest BCUT2D eigenvalue weighted by molar-refractivity contribution is 14.1. The largest absolute Gasteiger partial charge is 0.416 e. The summed E-state index contributed by atoms with van der Waals surface area (Å²) in [6.45, 7) is 1.95. The molecular formula is C17H13F3INO. The Kier molecular flexibility index (Phi) is 5.46. The maximum absolute atomic E-state index is 12.6. The van der Waals surface area contributed by atoms with Crippen molar-refractivity contribution >= 4 is 40.3 Å². The lowest BCUT2D eigenvalue weighted by molar-refractivity contribution is -0.137. The summed E-state index contributed by atoms with van der Waals surface area (Å²) < 4.78 is 38.8. The van der Waals surface area contributed by atoms with Crippen molar-refractivity contribution in [3.05, 3.63) is 68.8 Å². The number of carbonyl (C=O) groups is 1. The van der Waals surface area contributed by atoms with Crippen molar-refractivity contribution < 1.29 is 18.0 Å². The monoisotopic (exact) mass is 431 g/mol. The molecule has 0 aliphatic rings. The lowest BCUT2D eigenvalue weighted by atomic mass is 10.1. The van der Waals surface area contributed by atoms with Gasteiger partial charge in [-0.05, 0) is 71.0 Å². The molecule has 0 aromatic heterocycles. The van der Waals surface area contributed by atoms with E-state index in [0.29, 0.717) is 11.3 Å². The quantitative estimate of drug-likeness (QED) is 0.521. The number of aryl methyl sites for hydroxylation is 1. The molecule has 1 amide bonds. The zero-order chi connectivity index (χ0) is 17.0. The third-order valence-corrected chi connectivity index (χ3v) is 3.92. The lowest BCUT2D eigenvalue weighted by Gasteiger charge is -2.07. The van der Waals surface area contributed by atoms with Crippen molar-refractivity contribution in [1.29, 1.82) is 0 Å². The molecule has 1 N–H and O–H groups in total. The number of nitrogens with one attached hydrogen (secondary N) is 1. The van der Waals surface area contributed by atoms with Crippen LogP contribution in [0.15, 0.2) is 48.5 Å². The van der Waals surface area contributed by atoms with E-state index in [1.54, 1.807) is 6.07 Å². The summed E-state index contributed by atoms with van der Waals surface area (Å²) in [4.78, 5) is 11.9. The van der Waals surface area contributed by atoms with Crippen molar-refractivity contribution in [3.63, 3.8) is 0 Å². The summed E-state index contributed by atoms with van der Waals surface area (Å²) >= 11 is 2.11. The standard InChI is InChI=1S/C17H13F3INO/c1-11-5-7-15(14(21)9-11)22-16(23)8-6-12-3-2-4-13(10-12)17(18,19)20/h2-10H,1H3,(H,22,23)/b8-6+. The van der Waals surface area contributed by atoms with Crippen molar-refractivity contribution in [2.45, 2.75) is 13.1 Å². The van der Waals surface area contributed by atoms with E-state index in [2.05, 4.69) is 27.9 Å². The van der Waals surface area contributed by atoms with E-state index in [9.17, 15) is 18.0 Å². The maximum atomic E-state index is 12.6. The van der Waals surface area contributed by atoms with Crippen molar-refractivity contribution in [1.82, 2.24) is 0 Å². The summed E-state index contributed by atoms with van der Waals surface area (Å²) in [7, 11) is 0. The third kappa shape index (κ3) is 5.09. The zero-order valence-electron chi connectivity index (χ0n) is 12.1. The molecule has 120 valence electrons. The minimum Gasteiger partial charge on any atom is -0.322 e. The fourth-order valence-corrected chi connectivity index (χ4v) is 2.69. The van der Waals surface area contributed by atoms with E-state index in [4.69, 9.17) is 0 Å². The van der Waals surface area contributed by atoms with Gasteiger partial charge < -0.3 is 5.32 Å². The first-order valence-corrected chi connectivity index (χ1v) is 7.76. The topological polar surface area (TPSA) is 29.1 Å². The van der Waals surface area contributed by atoms with E-state index >= 15 is 0 Å². The first-order valence-electron chi connectivity index (χ1n) is 6.68. The van der Waals surface area contributed by atoms with Crippen LogP contribution in [-0.2, 0) is 11.0 Å². The van der Waals surface area contributed by atoms with Gasteiger partial charge in [0.15, 0.2) is 0 Å². The molecule has 2 nitrogen and oxygen atoms in total. The number of anilines is 1. The molecule has 0 saturated heterocycles. The van der Waals surface area contributed by atoms with Gasteiger partial charge in [0.05, 0.1) is 11.3 Å². The van der Waals surface area contributed by atoms with Gasteiger partial charge in [0.2, 0.25) is 5.91 Å². The molecule has 0 spiro atoms. The summed E-state index contributed by atoms with van der Waals surface area (Å²) in [6.07, 6.45) is -1.83. The molecule has 0 heterocycles. The summed E-state index contributed by atoms with van der Waals surface area (Å²) in [5, 5.41) is 2.70. The molecule has 2 rings (SSSR count). The predicted octanol–water partition coefficient (Wildman–Crippen LogP) is 5.27. The maximum Gasteiger partial charge on any atom is 0.416 e. The fraction of sp³-hybridized carbons (Fsp3) is 0.118. The molecule has 0 bridgehead atoms. The third-order valence-electron chi connectivity index (χ3n) is 3.02. The Hall–Kier alpha value is -1.83. The van der Waals surface area contributed by atoms with E-state index in [1.807, 2.05) is 19.1 Å². The highest BCUT2D eigenvalue weighted by Gasteiger charge is 2.30. The van der Waals surface area contributed by atoms with Crippen molar-refractivity contribution in [3.8, 4) is 0 Å². The van der Waals surface area contributed by atoms with Crippen LogP contribution in [0.2, 0.25) is 0 Å². The summed E-state index contributed by atoms with van der Waals surface area (Å²) in [5.41, 5.74) is 1.31. The van der Waals surface area contributed by atoms with Crippen molar-refractivity contribution in [2.75, 3.05) is 5.32 Å². The number of benzene rings is 2. The molecule has 6 heteroatoms. The fourth-order valence-electron chi connectivity index (χ4n) is 1.89. The van der Waals surface area contributed by atoms with E-state index in [1.165, 1.54) is 24.3 Å². The SMILES string of the molecule is Cc1ccc(NC(=O)/C=C/c2cccc(C(F)(F)F)c2)c(I)c1. The van der Waals surface area contributed by atoms with Gasteiger partial charge in [-0.2, -0.15) is 13.2 Å². The smallest absolute Gasteiger partial charge is 0.322 e. The Bertz CT molecular complexity index is 754. The number of alkyl halides is 3. The van der Waals surface area contributed by atoms with Crippen LogP contribution in [0.5, 0.6) is 0 Å². The number of hydrogen-bond acceptors (Lipinski definition) is 1. The predicted molar refractivity (Wildman–Crippen MR) is 93.0 cm³/mol. The molecule has 0 fully saturated rings. The molecule has 0 unspecified atom stereocenters. The first-order chi connectivity index (χ1) is 10.8. The number of halogens is 4. The molecule has 2 aromatic rings. The average molecular weight is 431 g/mol. The zero-order valence-corrected chi connectivity index (χ0v) is 14.3. The summed E-state index contributed by atoms with van der Waals surface area (Å²) in [5.74, 6) is -0.399. The molecule has 0 aliphatic carbocycles. The van der Waals surface area contributed by atoms with E-state index in [-0.39, 0.29) is 0 Å². The molecule has 23 heavy (non-hydrogen) atoms. The van der Waals surface area contributed by atoms with Crippen LogP contribution in [-0.4, -0.2) is 5.91 Å². The Balaban J connectivity index is 2.09. The van der Waals surface area contributed by atoms with Crippen LogP contribution < -0.4 is 5.32 Å². The van der Waals surface area contributed by atoms with Gasteiger partial charge in [-0.1, -0.05) is 18.2 Å². The van der Waals surface area contributed by atoms with E-state index in [0.717, 1.165) is 21.3 Å². The molecular weight excluding hydrogens is 418 g/mol. The minimum absolute atomic E-state index is 0.313. The molecule has 0 aliphatic heterocycles. The summed E-state index contributed by atoms with van der Waals surface area (Å²) in [6, 6.07) is 10.4. The van der Waals surface area contributed by atoms with Gasteiger partial charge in [-0.3, -0.25) is 4.79 Å². The Labute approximate surface area is 145 Å². The average Bonchev–Trinajstić information content (AvgIpc) is 2.47. The van der Waals surface area contributed by atoms with Crippen LogP contribution in [0, 0.1) is 10.5 Å². The number of hydrogen-bond donors (Lipinski definition) is 1. The Morgan fingerprint density at radius 3 is 2.57 bits per heavy atom. The molecule has 2 aromatic carbocycles. The van der Waals surface area contributed by atoms with Gasteiger partial charge in [0.1, 0.15) is 0 Å². The van der Waals surface area contributed by atoms with Gasteiger partial charge in [-0.15, -0.1) is 0 Å². The van der Waals surface area contributed by atoms with Crippen LogP contribution in [0.4, 0.5) is 18.9 Å². The van der Waals surface area contributed by atoms with Gasteiger partial charge in [-0.25, -0.2) is 0 Å². The first kappa shape index (κ1) is 17.5. The molecule has 0 saturated carbocycles. The molecule has 0 radical (unpaired) electrons. The van der Waals surface area contributed by atoms with Crippen LogP contribution in [0.25, 0.3) is 6.08 Å². The van der Waals surface area contributed by atoms with Crippen LogP contribution in [0.3, 0.4) is 0 Å². The van der Waals surface area contributed by atoms with Gasteiger partial charge in [0.25, 0.3) is 0 Å². The van der Waals surface area contributed by atoms with Crippen LogP contribution >= 0.6 is 22.6 Å². The second-order valence-electron chi connectivity index (χ2n) is 4.93. The highest BCUT2D eigenvalue weighted by atomic mass is 127. The Morgan fingerprint density at radius 2 is 1.91 bits per heavy atom. The van der Waals surface area contributed by atoms with Crippen LogP contribution in [0.1, 0.15) is 16.7 Å². The van der Waals surface area contributed by atoms with E-state index < -0.39 is 17.6 Å². The Morgan fingerprint density at radius 1 is 1.17 bits per heavy atom. The molecule has 0 atom stereocenters. The number of rotatable bonds is 3. The normalized spacial score (nSPS) is 11.7.